The molecule has 2 N–H and O–H groups in total. The van der Waals surface area contributed by atoms with Crippen LogP contribution in [0.25, 0.3) is 0 Å². The van der Waals surface area contributed by atoms with Crippen molar-refractivity contribution in [2.75, 3.05) is 25.0 Å². The molecule has 0 saturated carbocycles. The molecule has 0 radical (unpaired) electrons. The van der Waals surface area contributed by atoms with Crippen molar-refractivity contribution in [2.45, 2.75) is 25.9 Å². The van der Waals surface area contributed by atoms with E-state index in [0.29, 0.717) is 24.2 Å². The number of halogens is 1. The number of ether oxygens (including phenoxy) is 1. The van der Waals surface area contributed by atoms with Crippen LogP contribution in [0.1, 0.15) is 24.8 Å². The summed E-state index contributed by atoms with van der Waals surface area (Å²) in [6.07, 6.45) is -0.435. The van der Waals surface area contributed by atoms with Crippen molar-refractivity contribution in [3.63, 3.8) is 0 Å². The number of nitrogens with one attached hydrogen (secondary N) is 2. The molecule has 0 spiro atoms. The fourth-order valence-corrected chi connectivity index (χ4v) is 2.19. The average molecular weight is 293 g/mol. The molecule has 1 atom stereocenters. The van der Waals surface area contributed by atoms with Gasteiger partial charge in [0.2, 0.25) is 5.13 Å². The predicted octanol–water partition coefficient (Wildman–Crippen LogP) is 1.01. The maximum Gasteiger partial charge on any atom is 0.256 e. The van der Waals surface area contributed by atoms with Gasteiger partial charge in [0.15, 0.2) is 0 Å². The van der Waals surface area contributed by atoms with Crippen LogP contribution in [0.15, 0.2) is 0 Å². The Morgan fingerprint density at radius 3 is 2.89 bits per heavy atom. The lowest BCUT2D eigenvalue weighted by molar-refractivity contribution is -0.128. The van der Waals surface area contributed by atoms with E-state index in [2.05, 4.69) is 20.8 Å². The van der Waals surface area contributed by atoms with Gasteiger partial charge in [0.1, 0.15) is 11.1 Å². The summed E-state index contributed by atoms with van der Waals surface area (Å²) in [7, 11) is 0. The Kier molecular flexibility index (Phi) is 5.94. The van der Waals surface area contributed by atoms with Crippen LogP contribution in [0.2, 0.25) is 0 Å². The van der Waals surface area contributed by atoms with Gasteiger partial charge in [-0.1, -0.05) is 25.2 Å². The quantitative estimate of drug-likeness (QED) is 0.869. The van der Waals surface area contributed by atoms with Gasteiger partial charge in [-0.3, -0.25) is 10.1 Å². The van der Waals surface area contributed by atoms with Gasteiger partial charge in [-0.15, -0.1) is 22.6 Å². The fourth-order valence-electron chi connectivity index (χ4n) is 1.44. The van der Waals surface area contributed by atoms with Crippen molar-refractivity contribution in [3.8, 4) is 0 Å². The zero-order chi connectivity index (χ0) is 12.3. The van der Waals surface area contributed by atoms with Gasteiger partial charge in [0, 0.05) is 19.0 Å². The van der Waals surface area contributed by atoms with Gasteiger partial charge in [0.05, 0.1) is 6.61 Å². The zero-order valence-electron chi connectivity index (χ0n) is 10.3. The van der Waals surface area contributed by atoms with E-state index in [4.69, 9.17) is 4.74 Å². The molecule has 18 heavy (non-hydrogen) atoms. The Labute approximate surface area is 116 Å². The second kappa shape index (κ2) is 6.98. The maximum absolute atomic E-state index is 11.8. The molecule has 1 aromatic heterocycles. The number of anilines is 1. The third kappa shape index (κ3) is 3.88. The van der Waals surface area contributed by atoms with Crippen molar-refractivity contribution in [1.82, 2.24) is 15.5 Å². The van der Waals surface area contributed by atoms with Crippen molar-refractivity contribution < 1.29 is 9.53 Å². The number of nitrogens with zero attached hydrogens (tertiary/aromatic N) is 2. The molecule has 0 aliphatic carbocycles. The van der Waals surface area contributed by atoms with Crippen LogP contribution in [-0.2, 0) is 9.53 Å². The molecule has 8 heteroatoms. The summed E-state index contributed by atoms with van der Waals surface area (Å²) in [5.41, 5.74) is 0. The molecular formula is C10H17ClN4O2S. The summed E-state index contributed by atoms with van der Waals surface area (Å²) in [6, 6.07) is 0. The van der Waals surface area contributed by atoms with Gasteiger partial charge in [-0.05, 0) is 0 Å². The smallest absolute Gasteiger partial charge is 0.256 e. The Hall–Kier alpha value is -0.760. The highest BCUT2D eigenvalue weighted by Crippen LogP contribution is 2.22. The second-order valence-electron chi connectivity index (χ2n) is 4.15. The van der Waals surface area contributed by atoms with Gasteiger partial charge in [0.25, 0.3) is 5.91 Å². The second-order valence-corrected chi connectivity index (χ2v) is 5.16. The summed E-state index contributed by atoms with van der Waals surface area (Å²) in [5.74, 6) is 0.161. The van der Waals surface area contributed by atoms with Crippen LogP contribution in [0.3, 0.4) is 0 Å². The molecule has 0 aromatic carbocycles. The lowest BCUT2D eigenvalue weighted by Gasteiger charge is -2.21. The number of carbonyl (C=O) groups is 1. The fraction of sp³-hybridized carbons (Fsp3) is 0.700. The Morgan fingerprint density at radius 1 is 1.56 bits per heavy atom. The number of hydrogen-bond donors (Lipinski definition) is 2. The highest BCUT2D eigenvalue weighted by atomic mass is 35.5. The molecule has 1 amide bonds. The number of rotatable bonds is 3. The molecular weight excluding hydrogens is 276 g/mol. The molecule has 2 rings (SSSR count). The molecule has 0 bridgehead atoms. The Balaban J connectivity index is 0.00000162. The van der Waals surface area contributed by atoms with E-state index >= 15 is 0 Å². The SMILES string of the molecule is CC(C)c1nnc(NC(=O)C2CNCCO2)s1.Cl. The molecule has 1 aliphatic rings. The van der Waals surface area contributed by atoms with E-state index in [-0.39, 0.29) is 18.3 Å². The normalized spacial score (nSPS) is 19.4. The number of morpholine rings is 1. The number of hydrogen-bond acceptors (Lipinski definition) is 6. The lowest BCUT2D eigenvalue weighted by Crippen LogP contribution is -2.45. The van der Waals surface area contributed by atoms with Gasteiger partial charge < -0.3 is 10.1 Å². The lowest BCUT2D eigenvalue weighted by atomic mass is 10.2. The summed E-state index contributed by atoms with van der Waals surface area (Å²) in [5, 5.41) is 15.2. The molecule has 1 fully saturated rings. The van der Waals surface area contributed by atoms with Crippen molar-refractivity contribution in [1.29, 1.82) is 0 Å². The predicted molar refractivity (Wildman–Crippen MR) is 72.5 cm³/mol. The zero-order valence-corrected chi connectivity index (χ0v) is 11.9. The van der Waals surface area contributed by atoms with Crippen LogP contribution in [0.5, 0.6) is 0 Å². The number of amides is 1. The molecule has 6 nitrogen and oxygen atoms in total. The average Bonchev–Trinajstić information content (AvgIpc) is 2.79. The standard InChI is InChI=1S/C10H16N4O2S.ClH/c1-6(2)9-13-14-10(17-9)12-8(15)7-5-11-3-4-16-7;/h6-7,11H,3-5H2,1-2H3,(H,12,14,15);1H. The van der Waals surface area contributed by atoms with E-state index in [1.54, 1.807) is 0 Å². The van der Waals surface area contributed by atoms with Crippen LogP contribution in [0.4, 0.5) is 5.13 Å². The third-order valence-corrected chi connectivity index (χ3v) is 3.52. The summed E-state index contributed by atoms with van der Waals surface area (Å²) in [4.78, 5) is 11.8. The van der Waals surface area contributed by atoms with Crippen LogP contribution < -0.4 is 10.6 Å². The topological polar surface area (TPSA) is 76.1 Å². The minimum Gasteiger partial charge on any atom is -0.366 e. The van der Waals surface area contributed by atoms with E-state index < -0.39 is 6.10 Å². The molecule has 1 unspecified atom stereocenters. The van der Waals surface area contributed by atoms with Gasteiger partial charge >= 0.3 is 0 Å². The van der Waals surface area contributed by atoms with E-state index in [9.17, 15) is 4.79 Å². The first-order valence-corrected chi connectivity index (χ1v) is 6.45. The Morgan fingerprint density at radius 2 is 2.33 bits per heavy atom. The van der Waals surface area contributed by atoms with E-state index in [1.165, 1.54) is 11.3 Å². The largest absolute Gasteiger partial charge is 0.366 e. The van der Waals surface area contributed by atoms with E-state index in [0.717, 1.165) is 11.6 Å². The first-order valence-electron chi connectivity index (χ1n) is 5.63. The first-order chi connectivity index (χ1) is 8.16. The van der Waals surface area contributed by atoms with Crippen LogP contribution >= 0.6 is 23.7 Å². The molecule has 102 valence electrons. The molecule has 2 heterocycles. The third-order valence-electron chi connectivity index (χ3n) is 2.38. The van der Waals surface area contributed by atoms with Crippen LogP contribution in [-0.4, -0.2) is 41.9 Å². The highest BCUT2D eigenvalue weighted by Gasteiger charge is 2.22. The Bertz CT molecular complexity index is 393. The maximum atomic E-state index is 11.8. The van der Waals surface area contributed by atoms with Gasteiger partial charge in [-0.25, -0.2) is 0 Å². The minimum absolute atomic E-state index is 0. The molecule has 1 aliphatic heterocycles. The highest BCUT2D eigenvalue weighted by molar-refractivity contribution is 7.15. The monoisotopic (exact) mass is 292 g/mol. The van der Waals surface area contributed by atoms with Crippen LogP contribution in [0, 0.1) is 0 Å². The summed E-state index contributed by atoms with van der Waals surface area (Å²) in [6.45, 7) is 5.98. The van der Waals surface area contributed by atoms with Gasteiger partial charge in [-0.2, -0.15) is 0 Å². The van der Waals surface area contributed by atoms with E-state index in [1.807, 2.05) is 13.8 Å². The summed E-state index contributed by atoms with van der Waals surface area (Å²) < 4.78 is 5.35. The molecule has 1 aromatic rings. The minimum atomic E-state index is -0.435. The van der Waals surface area contributed by atoms with Crippen molar-refractivity contribution >= 4 is 34.8 Å². The first kappa shape index (κ1) is 15.3. The number of carbonyl (C=O) groups excluding carboxylic acids is 1. The summed E-state index contributed by atoms with van der Waals surface area (Å²) >= 11 is 1.40. The van der Waals surface area contributed by atoms with Crippen molar-refractivity contribution in [2.24, 2.45) is 0 Å². The molecule has 1 saturated heterocycles. The van der Waals surface area contributed by atoms with Crippen molar-refractivity contribution in [3.05, 3.63) is 5.01 Å². The number of aromatic nitrogens is 2.